The van der Waals surface area contributed by atoms with Gasteiger partial charge in [-0.2, -0.15) is 0 Å². The van der Waals surface area contributed by atoms with Crippen molar-refractivity contribution in [3.8, 4) is 22.5 Å². The van der Waals surface area contributed by atoms with Gasteiger partial charge in [0.1, 0.15) is 12.1 Å². The SMILES string of the molecule is CC(C)[C@H](NC(=O)[C@H](C)N)C(=O)N1CCC[C@@H]1Cc1c(-c2ccc(-c3[nH]c4ccccc4c3C[C@@H]3CCCN3C(=O)[C@@H](NC(=O)[C@H](C)N)C(C)C)cc2)[nH]c2ccccc12. The summed E-state index contributed by atoms with van der Waals surface area (Å²) in [5.74, 6) is -0.931. The van der Waals surface area contributed by atoms with Gasteiger partial charge in [-0.15, -0.1) is 0 Å². The van der Waals surface area contributed by atoms with Crippen LogP contribution in [0.3, 0.4) is 0 Å². The van der Waals surface area contributed by atoms with Gasteiger partial charge in [0, 0.05) is 58.4 Å². The van der Waals surface area contributed by atoms with Crippen LogP contribution in [0.1, 0.15) is 78.4 Å². The van der Waals surface area contributed by atoms with E-state index in [4.69, 9.17) is 11.5 Å². The lowest BCUT2D eigenvalue weighted by molar-refractivity contribution is -0.138. The third-order valence-electron chi connectivity index (χ3n) is 12.6. The summed E-state index contributed by atoms with van der Waals surface area (Å²) >= 11 is 0. The predicted octanol–water partition coefficient (Wildman–Crippen LogP) is 6.03. The molecule has 7 rings (SSSR count). The Morgan fingerprint density at radius 2 is 0.967 bits per heavy atom. The molecular weight excluding hydrogens is 753 g/mol. The monoisotopic (exact) mass is 814 g/mol. The van der Waals surface area contributed by atoms with E-state index in [1.54, 1.807) is 13.8 Å². The summed E-state index contributed by atoms with van der Waals surface area (Å²) in [5.41, 5.74) is 20.3. The summed E-state index contributed by atoms with van der Waals surface area (Å²) in [5, 5.41) is 8.09. The molecule has 0 saturated carbocycles. The van der Waals surface area contributed by atoms with Crippen LogP contribution in [-0.4, -0.2) is 92.7 Å². The summed E-state index contributed by atoms with van der Waals surface area (Å²) in [6.45, 7) is 12.4. The zero-order valence-corrected chi connectivity index (χ0v) is 35.9. The molecule has 4 heterocycles. The van der Waals surface area contributed by atoms with E-state index >= 15 is 0 Å². The van der Waals surface area contributed by atoms with Crippen LogP contribution in [0.4, 0.5) is 0 Å². The number of hydrogen-bond donors (Lipinski definition) is 6. The molecule has 3 aromatic carbocycles. The number of hydrogen-bond acceptors (Lipinski definition) is 6. The molecule has 12 nitrogen and oxygen atoms in total. The normalized spacial score (nSPS) is 19.0. The van der Waals surface area contributed by atoms with E-state index < -0.39 is 24.2 Å². The van der Waals surface area contributed by atoms with Crippen LogP contribution in [0.5, 0.6) is 0 Å². The Kier molecular flexibility index (Phi) is 12.8. The second kappa shape index (κ2) is 18.0. The van der Waals surface area contributed by atoms with Gasteiger partial charge in [0.25, 0.3) is 0 Å². The quantitative estimate of drug-likeness (QED) is 0.0797. The summed E-state index contributed by atoms with van der Waals surface area (Å²) < 4.78 is 0. The van der Waals surface area contributed by atoms with Gasteiger partial charge < -0.3 is 41.9 Å². The number of benzene rings is 3. The zero-order chi connectivity index (χ0) is 42.8. The summed E-state index contributed by atoms with van der Waals surface area (Å²) in [6.07, 6.45) is 4.90. The Morgan fingerprint density at radius 3 is 1.32 bits per heavy atom. The highest BCUT2D eigenvalue weighted by atomic mass is 16.2. The standard InChI is InChI=1S/C48H62N8O4/c1-27(2)41(53-45(57)29(5)49)47(59)55-23-11-13-33(55)25-37-35-15-7-9-17-39(35)51-43(37)31-19-21-32(22-20-31)44-38(36-16-8-10-18-40(36)52-44)26-34-14-12-24-56(34)48(60)42(28(3)4)54-46(58)30(6)50/h7-10,15-22,27-30,33-34,41-42,51-52H,11-14,23-26,49-50H2,1-6H3,(H,53,57)(H,54,58)/t29-,30-,33-,34+,41-,42-/m0/s1. The minimum Gasteiger partial charge on any atom is -0.354 e. The number of likely N-dealkylation sites (tertiary alicyclic amines) is 2. The van der Waals surface area contributed by atoms with E-state index in [-0.39, 0.29) is 47.5 Å². The Labute approximate surface area is 353 Å². The Balaban J connectivity index is 1.17. The number of carbonyl (C=O) groups excluding carboxylic acids is 4. The van der Waals surface area contributed by atoms with E-state index in [0.29, 0.717) is 25.9 Å². The summed E-state index contributed by atoms with van der Waals surface area (Å²) in [4.78, 5) is 64.7. The Bertz CT molecular complexity index is 2180. The van der Waals surface area contributed by atoms with Gasteiger partial charge in [-0.1, -0.05) is 88.4 Å². The van der Waals surface area contributed by atoms with Gasteiger partial charge in [-0.3, -0.25) is 19.2 Å². The second-order valence-electron chi connectivity index (χ2n) is 17.7. The van der Waals surface area contributed by atoms with Gasteiger partial charge in [0.15, 0.2) is 0 Å². The van der Waals surface area contributed by atoms with Crippen LogP contribution in [0.2, 0.25) is 0 Å². The third kappa shape index (κ3) is 8.72. The van der Waals surface area contributed by atoms with Crippen molar-refractivity contribution in [3.63, 3.8) is 0 Å². The first-order chi connectivity index (χ1) is 28.7. The van der Waals surface area contributed by atoms with Crippen molar-refractivity contribution in [2.24, 2.45) is 23.3 Å². The molecular formula is C48H62N8O4. The van der Waals surface area contributed by atoms with Gasteiger partial charge in [0.2, 0.25) is 23.6 Å². The average molecular weight is 815 g/mol. The molecule has 6 atom stereocenters. The first-order valence-electron chi connectivity index (χ1n) is 21.8. The van der Waals surface area contributed by atoms with Crippen molar-refractivity contribution in [1.82, 2.24) is 30.4 Å². The molecule has 2 aliphatic heterocycles. The molecule has 60 heavy (non-hydrogen) atoms. The predicted molar refractivity (Wildman–Crippen MR) is 239 cm³/mol. The lowest BCUT2D eigenvalue weighted by Crippen LogP contribution is -2.55. The van der Waals surface area contributed by atoms with Crippen molar-refractivity contribution in [2.45, 2.75) is 116 Å². The molecule has 0 bridgehead atoms. The maximum Gasteiger partial charge on any atom is 0.245 e. The van der Waals surface area contributed by atoms with Crippen LogP contribution in [0, 0.1) is 11.8 Å². The smallest absolute Gasteiger partial charge is 0.245 e. The second-order valence-corrected chi connectivity index (χ2v) is 17.7. The first kappa shape index (κ1) is 42.7. The lowest BCUT2D eigenvalue weighted by atomic mass is 9.94. The average Bonchev–Trinajstić information content (AvgIpc) is 4.04. The molecule has 2 saturated heterocycles. The van der Waals surface area contributed by atoms with Crippen molar-refractivity contribution in [1.29, 1.82) is 0 Å². The molecule has 0 aliphatic carbocycles. The largest absolute Gasteiger partial charge is 0.354 e. The molecule has 0 spiro atoms. The number of nitrogens with two attached hydrogens (primary N) is 2. The maximum atomic E-state index is 14.1. The summed E-state index contributed by atoms with van der Waals surface area (Å²) in [7, 11) is 0. The molecule has 4 amide bonds. The van der Waals surface area contributed by atoms with E-state index in [0.717, 1.165) is 81.1 Å². The van der Waals surface area contributed by atoms with Crippen molar-refractivity contribution >= 4 is 45.4 Å². The van der Waals surface area contributed by atoms with Gasteiger partial charge in [-0.25, -0.2) is 0 Å². The molecule has 8 N–H and O–H groups in total. The molecule has 2 aliphatic rings. The minimum atomic E-state index is -0.699. The van der Waals surface area contributed by atoms with E-state index in [9.17, 15) is 19.2 Å². The Morgan fingerprint density at radius 1 is 0.600 bits per heavy atom. The molecule has 5 aromatic rings. The number of aromatic amines is 2. The van der Waals surface area contributed by atoms with Crippen LogP contribution < -0.4 is 22.1 Å². The number of H-pyrrole nitrogens is 2. The van der Waals surface area contributed by atoms with Gasteiger partial charge in [-0.05, 0) is 98.6 Å². The summed E-state index contributed by atoms with van der Waals surface area (Å²) in [6, 6.07) is 22.6. The van der Waals surface area contributed by atoms with Crippen LogP contribution in [0.15, 0.2) is 72.8 Å². The molecule has 2 aromatic heterocycles. The van der Waals surface area contributed by atoms with Crippen LogP contribution in [-0.2, 0) is 32.0 Å². The zero-order valence-electron chi connectivity index (χ0n) is 35.9. The fraction of sp³-hybridized carbons (Fsp3) is 0.458. The number of para-hydroxylation sites is 2. The number of nitrogens with zero attached hydrogens (tertiary/aromatic N) is 2. The number of aromatic nitrogens is 2. The minimum absolute atomic E-state index is 0.0181. The van der Waals surface area contributed by atoms with Crippen molar-refractivity contribution in [2.75, 3.05) is 13.1 Å². The number of nitrogens with one attached hydrogen (secondary N) is 4. The highest BCUT2D eigenvalue weighted by Gasteiger charge is 2.38. The van der Waals surface area contributed by atoms with Gasteiger partial charge >= 0.3 is 0 Å². The highest BCUT2D eigenvalue weighted by Crippen LogP contribution is 2.38. The van der Waals surface area contributed by atoms with E-state index in [2.05, 4.69) is 81.3 Å². The third-order valence-corrected chi connectivity index (χ3v) is 12.6. The fourth-order valence-electron chi connectivity index (χ4n) is 9.22. The molecule has 0 unspecified atom stereocenters. The topological polar surface area (TPSA) is 182 Å². The van der Waals surface area contributed by atoms with Gasteiger partial charge in [0.05, 0.1) is 12.1 Å². The fourth-order valence-corrected chi connectivity index (χ4v) is 9.22. The Hall–Kier alpha value is -5.46. The molecule has 12 heteroatoms. The van der Waals surface area contributed by atoms with Crippen molar-refractivity contribution < 1.29 is 19.2 Å². The number of amides is 4. The van der Waals surface area contributed by atoms with E-state index in [1.165, 1.54) is 0 Å². The van der Waals surface area contributed by atoms with E-state index in [1.807, 2.05) is 49.6 Å². The molecule has 0 radical (unpaired) electrons. The molecule has 318 valence electrons. The molecule has 2 fully saturated rings. The highest BCUT2D eigenvalue weighted by molar-refractivity contribution is 5.94. The van der Waals surface area contributed by atoms with Crippen molar-refractivity contribution in [3.05, 3.63) is 83.9 Å². The van der Waals surface area contributed by atoms with Crippen LogP contribution in [0.25, 0.3) is 44.3 Å². The number of carbonyl (C=O) groups is 4. The lowest BCUT2D eigenvalue weighted by Gasteiger charge is -2.31. The van der Waals surface area contributed by atoms with Crippen LogP contribution >= 0.6 is 0 Å². The number of fused-ring (bicyclic) bond motifs is 2. The first-order valence-corrected chi connectivity index (χ1v) is 21.8. The maximum absolute atomic E-state index is 14.1. The number of rotatable bonds is 14.